The summed E-state index contributed by atoms with van der Waals surface area (Å²) in [6, 6.07) is 13.3. The van der Waals surface area contributed by atoms with Crippen LogP contribution in [0, 0.1) is 13.8 Å². The van der Waals surface area contributed by atoms with Crippen molar-refractivity contribution in [1.82, 2.24) is 19.2 Å². The van der Waals surface area contributed by atoms with Gasteiger partial charge in [-0.1, -0.05) is 49.2 Å². The van der Waals surface area contributed by atoms with Crippen molar-refractivity contribution in [3.05, 3.63) is 75.5 Å². The molecule has 0 bridgehead atoms. The highest BCUT2D eigenvalue weighted by molar-refractivity contribution is 5.99. The lowest BCUT2D eigenvalue weighted by Crippen LogP contribution is -2.30. The van der Waals surface area contributed by atoms with Gasteiger partial charge in [0, 0.05) is 17.4 Å². The van der Waals surface area contributed by atoms with Crippen molar-refractivity contribution in [1.29, 1.82) is 0 Å². The molecule has 2 aromatic carbocycles. The Labute approximate surface area is 168 Å². The fourth-order valence-electron chi connectivity index (χ4n) is 3.73. The number of fused-ring (bicyclic) bond motifs is 3. The Balaban J connectivity index is 1.85. The Bertz CT molecular complexity index is 1280. The number of nitrogens with zero attached hydrogens (tertiary/aromatic N) is 4. The van der Waals surface area contributed by atoms with E-state index in [4.69, 9.17) is 0 Å². The zero-order valence-electron chi connectivity index (χ0n) is 17.0. The molecule has 0 saturated carbocycles. The smallest absolute Gasteiger partial charge is 0.292 e. The van der Waals surface area contributed by atoms with Gasteiger partial charge >= 0.3 is 5.69 Å². The van der Waals surface area contributed by atoms with Gasteiger partial charge in [0.1, 0.15) is 0 Å². The first-order valence-electron chi connectivity index (χ1n) is 9.97. The molecule has 4 aromatic rings. The Hall–Kier alpha value is -3.28. The van der Waals surface area contributed by atoms with Gasteiger partial charge in [-0.2, -0.15) is 4.52 Å². The second kappa shape index (κ2) is 7.62. The highest BCUT2D eigenvalue weighted by Crippen LogP contribution is 2.19. The van der Waals surface area contributed by atoms with Crippen LogP contribution in [0.2, 0.25) is 0 Å². The number of aryl methyl sites for hydroxylation is 3. The normalized spacial score (nSPS) is 11.4. The van der Waals surface area contributed by atoms with Gasteiger partial charge in [-0.15, -0.1) is 5.10 Å². The van der Waals surface area contributed by atoms with E-state index in [1.165, 1.54) is 9.08 Å². The zero-order valence-corrected chi connectivity index (χ0v) is 17.0. The van der Waals surface area contributed by atoms with Crippen LogP contribution < -0.4 is 5.69 Å². The molecular weight excluding hydrogens is 364 g/mol. The van der Waals surface area contributed by atoms with Crippen molar-refractivity contribution in [3.8, 4) is 0 Å². The summed E-state index contributed by atoms with van der Waals surface area (Å²) < 4.78 is 2.84. The van der Waals surface area contributed by atoms with Crippen LogP contribution in [0.15, 0.2) is 47.3 Å². The molecule has 6 nitrogen and oxygen atoms in total. The average Bonchev–Trinajstić information content (AvgIpc) is 3.14. The fraction of sp³-hybridized carbons (Fsp3) is 0.304. The first kappa shape index (κ1) is 19.1. The molecule has 0 fully saturated rings. The first-order chi connectivity index (χ1) is 14.0. The number of carbonyl (C=O) groups is 1. The van der Waals surface area contributed by atoms with Gasteiger partial charge in [-0.3, -0.25) is 9.36 Å². The number of benzene rings is 2. The van der Waals surface area contributed by atoms with E-state index in [-0.39, 0.29) is 18.0 Å². The number of carbonyl (C=O) groups excluding carboxylic acids is 1. The van der Waals surface area contributed by atoms with Crippen LogP contribution in [0.1, 0.15) is 47.1 Å². The van der Waals surface area contributed by atoms with Crippen LogP contribution in [0.5, 0.6) is 0 Å². The maximum Gasteiger partial charge on any atom is 0.351 e. The molecule has 0 aliphatic rings. The topological polar surface area (TPSA) is 69.3 Å². The largest absolute Gasteiger partial charge is 0.351 e. The zero-order chi connectivity index (χ0) is 20.5. The summed E-state index contributed by atoms with van der Waals surface area (Å²) in [5.41, 5.74) is 3.55. The summed E-state index contributed by atoms with van der Waals surface area (Å²) in [6.45, 7) is 5.98. The minimum atomic E-state index is -0.341. The SMILES string of the molecule is CCCCc1nc2c3ccccc3n(CC(=O)c3ccc(C)cc3C)c(=O)n2n1. The summed E-state index contributed by atoms with van der Waals surface area (Å²) in [5, 5.41) is 5.25. The molecule has 148 valence electrons. The van der Waals surface area contributed by atoms with Gasteiger partial charge in [0.05, 0.1) is 12.1 Å². The Morgan fingerprint density at radius 1 is 1.10 bits per heavy atom. The molecule has 2 aromatic heterocycles. The summed E-state index contributed by atoms with van der Waals surface area (Å²) in [7, 11) is 0. The van der Waals surface area contributed by atoms with E-state index in [9.17, 15) is 9.59 Å². The Morgan fingerprint density at radius 3 is 2.66 bits per heavy atom. The average molecular weight is 388 g/mol. The van der Waals surface area contributed by atoms with E-state index in [2.05, 4.69) is 17.0 Å². The molecular formula is C23H24N4O2. The second-order valence-electron chi connectivity index (χ2n) is 7.49. The number of unbranched alkanes of at least 4 members (excludes halogenated alkanes) is 1. The number of hydrogen-bond donors (Lipinski definition) is 0. The molecule has 0 aliphatic carbocycles. The van der Waals surface area contributed by atoms with Crippen LogP contribution >= 0.6 is 0 Å². The third kappa shape index (κ3) is 3.46. The number of rotatable bonds is 6. The Kier molecular flexibility index (Phi) is 5.01. The molecule has 6 heteroatoms. The first-order valence-corrected chi connectivity index (χ1v) is 9.97. The van der Waals surface area contributed by atoms with Gasteiger partial charge < -0.3 is 0 Å². The van der Waals surface area contributed by atoms with Crippen molar-refractivity contribution < 1.29 is 4.79 Å². The van der Waals surface area contributed by atoms with Crippen LogP contribution in [-0.2, 0) is 13.0 Å². The fourth-order valence-corrected chi connectivity index (χ4v) is 3.73. The molecule has 0 amide bonds. The maximum atomic E-state index is 13.2. The van der Waals surface area contributed by atoms with E-state index >= 15 is 0 Å². The highest BCUT2D eigenvalue weighted by Gasteiger charge is 2.18. The lowest BCUT2D eigenvalue weighted by atomic mass is 10.0. The molecule has 0 aliphatic heterocycles. The summed E-state index contributed by atoms with van der Waals surface area (Å²) in [5.74, 6) is 0.563. The lowest BCUT2D eigenvalue weighted by Gasteiger charge is -2.11. The van der Waals surface area contributed by atoms with E-state index in [0.29, 0.717) is 22.6 Å². The molecule has 0 unspecified atom stereocenters. The van der Waals surface area contributed by atoms with E-state index in [1.54, 1.807) is 0 Å². The standard InChI is InChI=1S/C23H24N4O2/c1-4-5-10-21-24-22-18-8-6-7-9-19(18)26(23(29)27(22)25-21)14-20(28)17-12-11-15(2)13-16(17)3/h6-9,11-13H,4-5,10,14H2,1-3H3. The van der Waals surface area contributed by atoms with E-state index < -0.39 is 0 Å². The third-order valence-electron chi connectivity index (χ3n) is 5.24. The monoisotopic (exact) mass is 388 g/mol. The van der Waals surface area contributed by atoms with Crippen LogP contribution in [0.4, 0.5) is 0 Å². The molecule has 4 rings (SSSR count). The number of aromatic nitrogens is 4. The van der Waals surface area contributed by atoms with Gasteiger partial charge in [-0.25, -0.2) is 9.78 Å². The maximum absolute atomic E-state index is 13.2. The van der Waals surface area contributed by atoms with Crippen LogP contribution in [-0.4, -0.2) is 24.9 Å². The summed E-state index contributed by atoms with van der Waals surface area (Å²) in [4.78, 5) is 30.8. The molecule has 0 saturated heterocycles. The minimum Gasteiger partial charge on any atom is -0.292 e. The molecule has 0 N–H and O–H groups in total. The summed E-state index contributed by atoms with van der Waals surface area (Å²) in [6.07, 6.45) is 2.73. The van der Waals surface area contributed by atoms with E-state index in [1.807, 2.05) is 56.3 Å². The second-order valence-corrected chi connectivity index (χ2v) is 7.49. The quantitative estimate of drug-likeness (QED) is 0.470. The minimum absolute atomic E-state index is 0.0384. The number of ketones is 1. The van der Waals surface area contributed by atoms with Crippen molar-refractivity contribution in [2.45, 2.75) is 46.6 Å². The van der Waals surface area contributed by atoms with Gasteiger partial charge in [-0.05, 0) is 38.0 Å². The molecule has 0 radical (unpaired) electrons. The lowest BCUT2D eigenvalue weighted by molar-refractivity contribution is 0.0971. The van der Waals surface area contributed by atoms with Gasteiger partial charge in [0.25, 0.3) is 0 Å². The number of para-hydroxylation sites is 1. The third-order valence-corrected chi connectivity index (χ3v) is 5.24. The molecule has 29 heavy (non-hydrogen) atoms. The van der Waals surface area contributed by atoms with Crippen LogP contribution in [0.25, 0.3) is 16.6 Å². The molecule has 0 spiro atoms. The van der Waals surface area contributed by atoms with Crippen molar-refractivity contribution in [3.63, 3.8) is 0 Å². The Morgan fingerprint density at radius 2 is 1.90 bits per heavy atom. The molecule has 0 atom stereocenters. The van der Waals surface area contributed by atoms with Crippen molar-refractivity contribution >= 4 is 22.3 Å². The van der Waals surface area contributed by atoms with E-state index in [0.717, 1.165) is 35.8 Å². The number of Topliss-reactive ketones (excluding diaryl/α,β-unsaturated/α-hetero) is 1. The van der Waals surface area contributed by atoms with Crippen molar-refractivity contribution in [2.24, 2.45) is 0 Å². The number of hydrogen-bond acceptors (Lipinski definition) is 4. The molecule has 2 heterocycles. The van der Waals surface area contributed by atoms with Gasteiger partial charge in [0.15, 0.2) is 17.3 Å². The highest BCUT2D eigenvalue weighted by atomic mass is 16.2. The van der Waals surface area contributed by atoms with Crippen LogP contribution in [0.3, 0.4) is 0 Å². The predicted molar refractivity (Wildman–Crippen MR) is 114 cm³/mol. The van der Waals surface area contributed by atoms with Gasteiger partial charge in [0.2, 0.25) is 0 Å². The van der Waals surface area contributed by atoms with Crippen molar-refractivity contribution in [2.75, 3.05) is 0 Å². The summed E-state index contributed by atoms with van der Waals surface area (Å²) >= 11 is 0. The predicted octanol–water partition coefficient (Wildman–Crippen LogP) is 3.89.